The van der Waals surface area contributed by atoms with Crippen molar-refractivity contribution in [1.29, 1.82) is 0 Å². The van der Waals surface area contributed by atoms with Crippen LogP contribution in [-0.4, -0.2) is 68.9 Å². The molecule has 1 fully saturated rings. The zero-order valence-electron chi connectivity index (χ0n) is 24.9. The third kappa shape index (κ3) is 7.43. The molecule has 1 heterocycles. The second kappa shape index (κ2) is 13.1. The van der Waals surface area contributed by atoms with Crippen molar-refractivity contribution >= 4 is 17.8 Å². The van der Waals surface area contributed by atoms with Crippen molar-refractivity contribution in [2.75, 3.05) is 20.1 Å². The molecule has 4 rings (SSSR count). The van der Waals surface area contributed by atoms with E-state index in [1.807, 2.05) is 92.9 Å². The summed E-state index contributed by atoms with van der Waals surface area (Å²) in [7, 11) is 1.70. The lowest BCUT2D eigenvalue weighted by Gasteiger charge is -2.34. The Morgan fingerprint density at radius 2 is 1.71 bits per heavy atom. The molecule has 1 aliphatic rings. The van der Waals surface area contributed by atoms with Crippen molar-refractivity contribution in [2.24, 2.45) is 0 Å². The van der Waals surface area contributed by atoms with Gasteiger partial charge in [0.05, 0.1) is 24.1 Å². The maximum Gasteiger partial charge on any atom is 0.410 e. The van der Waals surface area contributed by atoms with Crippen LogP contribution in [0.3, 0.4) is 0 Å². The van der Waals surface area contributed by atoms with Crippen LogP contribution in [0.5, 0.6) is 0 Å². The number of rotatable bonds is 9. The Balaban J connectivity index is 1.72. The van der Waals surface area contributed by atoms with Gasteiger partial charge in [0.1, 0.15) is 5.60 Å². The average Bonchev–Trinajstić information content (AvgIpc) is 3.38. The summed E-state index contributed by atoms with van der Waals surface area (Å²) in [5.74, 6) is -0.0509. The number of nitrogens with zero attached hydrogens (tertiary/aromatic N) is 4. The number of likely N-dealkylation sites (N-methyl/N-ethyl adjacent to an activating group) is 2. The van der Waals surface area contributed by atoms with Crippen LogP contribution < -0.4 is 0 Å². The average molecular weight is 559 g/mol. The van der Waals surface area contributed by atoms with Gasteiger partial charge < -0.3 is 19.1 Å². The molecule has 1 unspecified atom stereocenters. The van der Waals surface area contributed by atoms with E-state index in [1.54, 1.807) is 18.3 Å². The quantitative estimate of drug-likeness (QED) is 0.313. The van der Waals surface area contributed by atoms with Crippen molar-refractivity contribution < 1.29 is 19.1 Å². The monoisotopic (exact) mass is 558 g/mol. The molecule has 2 amide bonds. The van der Waals surface area contributed by atoms with Gasteiger partial charge in [-0.25, -0.2) is 9.78 Å². The predicted molar refractivity (Wildman–Crippen MR) is 160 cm³/mol. The van der Waals surface area contributed by atoms with E-state index in [2.05, 4.69) is 4.98 Å². The third-order valence-corrected chi connectivity index (χ3v) is 7.45. The molecule has 2 atom stereocenters. The molecule has 0 aliphatic heterocycles. The lowest BCUT2D eigenvalue weighted by molar-refractivity contribution is -0.123. The van der Waals surface area contributed by atoms with Crippen molar-refractivity contribution in [2.45, 2.75) is 77.5 Å². The molecular weight excluding hydrogens is 516 g/mol. The molecule has 0 radical (unpaired) electrons. The highest BCUT2D eigenvalue weighted by molar-refractivity contribution is 5.99. The molecule has 8 nitrogen and oxygen atoms in total. The summed E-state index contributed by atoms with van der Waals surface area (Å²) in [6, 6.07) is 19.0. The van der Waals surface area contributed by atoms with Gasteiger partial charge in [0, 0.05) is 32.1 Å². The van der Waals surface area contributed by atoms with Crippen LogP contribution in [-0.2, 0) is 16.0 Å². The zero-order valence-corrected chi connectivity index (χ0v) is 24.9. The van der Waals surface area contributed by atoms with E-state index in [9.17, 15) is 14.4 Å². The van der Waals surface area contributed by atoms with Gasteiger partial charge in [-0.3, -0.25) is 9.59 Å². The van der Waals surface area contributed by atoms with Crippen LogP contribution in [0.2, 0.25) is 0 Å². The number of amides is 2. The number of benzene rings is 2. The molecule has 0 saturated heterocycles. The Bertz CT molecular complexity index is 1330. The SMILES string of the molecule is CCN(C(=O)c1ncn(C2CCCCC2=O)c1-c1ccccc1)[C@H](Cc1ccccc1)CN(C)C(=O)OC(C)(C)C. The smallest absolute Gasteiger partial charge is 0.410 e. The van der Waals surface area contributed by atoms with E-state index in [0.29, 0.717) is 30.8 Å². The second-order valence-corrected chi connectivity index (χ2v) is 11.7. The summed E-state index contributed by atoms with van der Waals surface area (Å²) < 4.78 is 7.50. The first-order valence-corrected chi connectivity index (χ1v) is 14.5. The molecule has 1 saturated carbocycles. The van der Waals surface area contributed by atoms with Crippen LogP contribution >= 0.6 is 0 Å². The van der Waals surface area contributed by atoms with Gasteiger partial charge in [0.15, 0.2) is 11.5 Å². The van der Waals surface area contributed by atoms with Gasteiger partial charge >= 0.3 is 6.09 Å². The van der Waals surface area contributed by atoms with E-state index in [0.717, 1.165) is 30.4 Å². The fourth-order valence-electron chi connectivity index (χ4n) is 5.49. The number of aromatic nitrogens is 2. The predicted octanol–water partition coefficient (Wildman–Crippen LogP) is 6.17. The van der Waals surface area contributed by atoms with Crippen molar-refractivity contribution in [1.82, 2.24) is 19.4 Å². The summed E-state index contributed by atoms with van der Waals surface area (Å²) in [6.45, 7) is 8.14. The molecule has 1 aliphatic carbocycles. The van der Waals surface area contributed by atoms with Gasteiger partial charge in [0.2, 0.25) is 0 Å². The summed E-state index contributed by atoms with van der Waals surface area (Å²) in [5.41, 5.74) is 2.24. The Morgan fingerprint density at radius 3 is 2.32 bits per heavy atom. The number of imidazole rings is 1. The minimum absolute atomic E-state index is 0.179. The topological polar surface area (TPSA) is 84.7 Å². The molecule has 0 N–H and O–H groups in total. The number of carbonyl (C=O) groups excluding carboxylic acids is 3. The minimum atomic E-state index is -0.630. The molecule has 0 bridgehead atoms. The standard InChI is InChI=1S/C33H42N4O4/c1-6-36(26(21-24-15-9-7-10-16-24)22-35(5)32(40)41-33(2,3)4)31(39)29-30(25-17-11-8-12-18-25)37(23-34-29)27-19-13-14-20-28(27)38/h7-12,15-18,23,26-27H,6,13-14,19-22H2,1-5H3/t26-,27?/m1/s1. The third-order valence-electron chi connectivity index (χ3n) is 7.45. The Kier molecular flexibility index (Phi) is 9.63. The Labute approximate surface area is 243 Å². The van der Waals surface area contributed by atoms with Crippen LogP contribution in [0.15, 0.2) is 67.0 Å². The Morgan fingerprint density at radius 1 is 1.05 bits per heavy atom. The Hall–Kier alpha value is -3.94. The van der Waals surface area contributed by atoms with E-state index in [1.165, 1.54) is 4.90 Å². The summed E-state index contributed by atoms with van der Waals surface area (Å²) in [5, 5.41) is 0. The first-order chi connectivity index (χ1) is 19.6. The summed E-state index contributed by atoms with van der Waals surface area (Å²) in [6.07, 6.45) is 4.89. The van der Waals surface area contributed by atoms with Crippen LogP contribution in [0.1, 0.15) is 75.5 Å². The number of Topliss-reactive ketones (excluding diaryl/α,β-unsaturated/α-hetero) is 1. The van der Waals surface area contributed by atoms with Gasteiger partial charge in [-0.2, -0.15) is 0 Å². The van der Waals surface area contributed by atoms with Gasteiger partial charge in [0.25, 0.3) is 5.91 Å². The first kappa shape index (κ1) is 30.0. The fourth-order valence-corrected chi connectivity index (χ4v) is 5.49. The number of ketones is 1. The summed E-state index contributed by atoms with van der Waals surface area (Å²) >= 11 is 0. The van der Waals surface area contributed by atoms with Crippen LogP contribution in [0.25, 0.3) is 11.3 Å². The number of carbonyl (C=O) groups is 3. The van der Waals surface area contributed by atoms with E-state index >= 15 is 0 Å². The van der Waals surface area contributed by atoms with Crippen molar-refractivity contribution in [3.05, 3.63) is 78.2 Å². The maximum absolute atomic E-state index is 14.4. The van der Waals surface area contributed by atoms with E-state index in [-0.39, 0.29) is 30.3 Å². The van der Waals surface area contributed by atoms with Crippen LogP contribution in [0.4, 0.5) is 4.79 Å². The minimum Gasteiger partial charge on any atom is -0.444 e. The molecule has 0 spiro atoms. The van der Waals surface area contributed by atoms with Gasteiger partial charge in [-0.05, 0) is 52.5 Å². The van der Waals surface area contributed by atoms with Crippen molar-refractivity contribution in [3.63, 3.8) is 0 Å². The highest BCUT2D eigenvalue weighted by Crippen LogP contribution is 2.33. The normalized spacial score (nSPS) is 16.2. The molecular formula is C33H42N4O4. The fraction of sp³-hybridized carbons (Fsp3) is 0.455. The lowest BCUT2D eigenvalue weighted by atomic mass is 9.93. The van der Waals surface area contributed by atoms with Crippen molar-refractivity contribution in [3.8, 4) is 11.3 Å². The highest BCUT2D eigenvalue weighted by Gasteiger charge is 2.34. The molecule has 8 heteroatoms. The zero-order chi connectivity index (χ0) is 29.6. The molecule has 41 heavy (non-hydrogen) atoms. The maximum atomic E-state index is 14.4. The molecule has 2 aromatic carbocycles. The number of ether oxygens (including phenoxy) is 1. The van der Waals surface area contributed by atoms with Gasteiger partial charge in [-0.15, -0.1) is 0 Å². The molecule has 218 valence electrons. The molecule has 1 aromatic heterocycles. The van der Waals surface area contributed by atoms with Gasteiger partial charge in [-0.1, -0.05) is 67.1 Å². The van der Waals surface area contributed by atoms with E-state index in [4.69, 9.17) is 4.74 Å². The highest BCUT2D eigenvalue weighted by atomic mass is 16.6. The van der Waals surface area contributed by atoms with Crippen LogP contribution in [0, 0.1) is 0 Å². The number of hydrogen-bond acceptors (Lipinski definition) is 5. The van der Waals surface area contributed by atoms with E-state index < -0.39 is 11.7 Å². The lowest BCUT2D eigenvalue weighted by Crippen LogP contribution is -2.49. The summed E-state index contributed by atoms with van der Waals surface area (Å²) in [4.78, 5) is 48.2. The first-order valence-electron chi connectivity index (χ1n) is 14.5. The number of hydrogen-bond donors (Lipinski definition) is 0. The second-order valence-electron chi connectivity index (χ2n) is 11.7. The molecule has 3 aromatic rings. The largest absolute Gasteiger partial charge is 0.444 e.